The van der Waals surface area contributed by atoms with Crippen molar-refractivity contribution in [1.29, 1.82) is 0 Å². The van der Waals surface area contributed by atoms with Gasteiger partial charge >= 0.3 is 5.97 Å². The van der Waals surface area contributed by atoms with Gasteiger partial charge in [0.2, 0.25) is 0 Å². The van der Waals surface area contributed by atoms with Crippen LogP contribution in [-0.4, -0.2) is 28.4 Å². The fourth-order valence-corrected chi connectivity index (χ4v) is 0.968. The summed E-state index contributed by atoms with van der Waals surface area (Å²) in [5, 5.41) is 8.16. The van der Waals surface area contributed by atoms with Crippen molar-refractivity contribution in [2.24, 2.45) is 0 Å². The van der Waals surface area contributed by atoms with E-state index in [9.17, 15) is 9.59 Å². The molecule has 1 N–H and O–H groups in total. The van der Waals surface area contributed by atoms with E-state index in [1.165, 1.54) is 25.1 Å². The van der Waals surface area contributed by atoms with Gasteiger partial charge in [0.25, 0.3) is 0 Å². The normalized spacial score (nSPS) is 9.30. The van der Waals surface area contributed by atoms with Gasteiger partial charge in [0.1, 0.15) is 5.78 Å². The number of carbonyl (C=O) groups excluding carboxylic acids is 1. The number of carbonyl (C=O) groups is 2. The maximum Gasteiger partial charge on any atom is 0.313 e. The van der Waals surface area contributed by atoms with E-state index in [-0.39, 0.29) is 11.5 Å². The summed E-state index contributed by atoms with van der Waals surface area (Å²) in [6, 6.07) is 0. The summed E-state index contributed by atoms with van der Waals surface area (Å²) < 4.78 is 0. The summed E-state index contributed by atoms with van der Waals surface area (Å²) in [6.45, 7) is 1.45. The molecule has 0 bridgehead atoms. The molecule has 3 nitrogen and oxygen atoms in total. The lowest BCUT2D eigenvalue weighted by Crippen LogP contribution is -2.01. The minimum Gasteiger partial charge on any atom is -0.481 e. The molecule has 0 aromatic rings. The molecular formula is C6H9O3S. The molecule has 0 atom stereocenters. The van der Waals surface area contributed by atoms with Crippen LogP contribution in [0, 0.1) is 6.42 Å². The Kier molecular flexibility index (Phi) is 5.02. The van der Waals surface area contributed by atoms with Crippen molar-refractivity contribution < 1.29 is 14.7 Å². The third kappa shape index (κ3) is 7.49. The smallest absolute Gasteiger partial charge is 0.313 e. The molecule has 0 aromatic carbocycles. The second-order valence-corrected chi connectivity index (χ2v) is 2.75. The van der Waals surface area contributed by atoms with Crippen molar-refractivity contribution in [3.8, 4) is 0 Å². The highest BCUT2D eigenvalue weighted by molar-refractivity contribution is 8.00. The number of carboxylic acid groups (broad SMARTS) is 1. The van der Waals surface area contributed by atoms with E-state index in [1.807, 2.05) is 0 Å². The Morgan fingerprint density at radius 3 is 2.60 bits per heavy atom. The van der Waals surface area contributed by atoms with Gasteiger partial charge in [-0.05, 0) is 6.92 Å². The molecule has 0 saturated heterocycles. The van der Waals surface area contributed by atoms with E-state index in [2.05, 4.69) is 0 Å². The Labute approximate surface area is 63.8 Å². The van der Waals surface area contributed by atoms with E-state index >= 15 is 0 Å². The Balaban J connectivity index is 3.06. The van der Waals surface area contributed by atoms with Crippen LogP contribution < -0.4 is 0 Å². The molecular weight excluding hydrogens is 152 g/mol. The molecule has 0 fully saturated rings. The first-order chi connectivity index (χ1) is 4.63. The SMILES string of the molecule is CC(=O)[CH]CSCC(=O)O. The fraction of sp³-hybridized carbons (Fsp3) is 0.500. The Morgan fingerprint density at radius 1 is 1.60 bits per heavy atom. The average Bonchev–Trinajstić information content (AvgIpc) is 1.79. The molecule has 4 heteroatoms. The summed E-state index contributed by atoms with van der Waals surface area (Å²) in [7, 11) is 0. The van der Waals surface area contributed by atoms with Crippen LogP contribution in [-0.2, 0) is 9.59 Å². The molecule has 0 saturated carbocycles. The van der Waals surface area contributed by atoms with Crippen molar-refractivity contribution in [3.05, 3.63) is 6.42 Å². The first-order valence-electron chi connectivity index (χ1n) is 2.76. The maximum absolute atomic E-state index is 10.3. The summed E-state index contributed by atoms with van der Waals surface area (Å²) in [6.07, 6.45) is 1.47. The van der Waals surface area contributed by atoms with E-state index in [0.29, 0.717) is 5.75 Å². The van der Waals surface area contributed by atoms with E-state index in [0.717, 1.165) is 0 Å². The third-order valence-electron chi connectivity index (χ3n) is 0.714. The van der Waals surface area contributed by atoms with Crippen molar-refractivity contribution in [3.63, 3.8) is 0 Å². The third-order valence-corrected chi connectivity index (χ3v) is 1.57. The number of rotatable bonds is 5. The first kappa shape index (κ1) is 9.49. The van der Waals surface area contributed by atoms with Gasteiger partial charge in [-0.25, -0.2) is 0 Å². The average molecular weight is 161 g/mol. The molecule has 1 radical (unpaired) electrons. The van der Waals surface area contributed by atoms with Crippen LogP contribution in [0.15, 0.2) is 0 Å². The number of carboxylic acids is 1. The van der Waals surface area contributed by atoms with Crippen molar-refractivity contribution in [1.82, 2.24) is 0 Å². The van der Waals surface area contributed by atoms with Crippen LogP contribution >= 0.6 is 11.8 Å². The summed E-state index contributed by atoms with van der Waals surface area (Å²) in [5.41, 5.74) is 0. The van der Waals surface area contributed by atoms with Gasteiger partial charge in [-0.1, -0.05) is 0 Å². The minimum absolute atomic E-state index is 0.0158. The van der Waals surface area contributed by atoms with Gasteiger partial charge in [0, 0.05) is 12.2 Å². The van der Waals surface area contributed by atoms with Gasteiger partial charge < -0.3 is 5.11 Å². The van der Waals surface area contributed by atoms with Crippen LogP contribution in [0.2, 0.25) is 0 Å². The van der Waals surface area contributed by atoms with Crippen molar-refractivity contribution in [2.75, 3.05) is 11.5 Å². The molecule has 0 aliphatic rings. The predicted molar refractivity (Wildman–Crippen MR) is 39.9 cm³/mol. The Hall–Kier alpha value is -0.510. The summed E-state index contributed by atoms with van der Waals surface area (Å²) >= 11 is 1.21. The van der Waals surface area contributed by atoms with E-state index in [1.54, 1.807) is 0 Å². The molecule has 0 aromatic heterocycles. The number of Topliss-reactive ketones (excluding diaryl/α,β-unsaturated/α-hetero) is 1. The van der Waals surface area contributed by atoms with Gasteiger partial charge in [0.05, 0.1) is 5.75 Å². The lowest BCUT2D eigenvalue weighted by atomic mass is 10.4. The number of aliphatic carboxylic acids is 1. The van der Waals surface area contributed by atoms with Crippen LogP contribution in [0.25, 0.3) is 0 Å². The Bertz CT molecular complexity index is 117. The number of ketones is 1. The van der Waals surface area contributed by atoms with Gasteiger partial charge in [-0.15, -0.1) is 11.8 Å². The monoisotopic (exact) mass is 161 g/mol. The highest BCUT2D eigenvalue weighted by Crippen LogP contribution is 2.00. The van der Waals surface area contributed by atoms with Crippen LogP contribution in [0.4, 0.5) is 0 Å². The van der Waals surface area contributed by atoms with Gasteiger partial charge in [-0.2, -0.15) is 0 Å². The topological polar surface area (TPSA) is 54.4 Å². The zero-order chi connectivity index (χ0) is 7.98. The van der Waals surface area contributed by atoms with Gasteiger partial charge in [0.15, 0.2) is 0 Å². The van der Waals surface area contributed by atoms with E-state index < -0.39 is 5.97 Å². The number of hydrogen-bond acceptors (Lipinski definition) is 3. The predicted octanol–water partition coefficient (Wildman–Crippen LogP) is 0.597. The number of hydrogen-bond donors (Lipinski definition) is 1. The lowest BCUT2D eigenvalue weighted by molar-refractivity contribution is -0.133. The molecule has 0 amide bonds. The zero-order valence-electron chi connectivity index (χ0n) is 5.66. The maximum atomic E-state index is 10.3. The highest BCUT2D eigenvalue weighted by atomic mass is 32.2. The Morgan fingerprint density at radius 2 is 2.20 bits per heavy atom. The molecule has 0 rings (SSSR count). The molecule has 0 aliphatic heterocycles. The molecule has 57 valence electrons. The second kappa shape index (κ2) is 5.29. The largest absolute Gasteiger partial charge is 0.481 e. The van der Waals surface area contributed by atoms with Gasteiger partial charge in [-0.3, -0.25) is 9.59 Å². The first-order valence-corrected chi connectivity index (χ1v) is 3.91. The van der Waals surface area contributed by atoms with Crippen LogP contribution in [0.1, 0.15) is 6.92 Å². The van der Waals surface area contributed by atoms with Crippen molar-refractivity contribution in [2.45, 2.75) is 6.92 Å². The zero-order valence-corrected chi connectivity index (χ0v) is 6.48. The molecule has 10 heavy (non-hydrogen) atoms. The quantitative estimate of drug-likeness (QED) is 0.600. The van der Waals surface area contributed by atoms with E-state index in [4.69, 9.17) is 5.11 Å². The van der Waals surface area contributed by atoms with Crippen LogP contribution in [0.3, 0.4) is 0 Å². The number of thioether (sulfide) groups is 1. The molecule has 0 unspecified atom stereocenters. The summed E-state index contributed by atoms with van der Waals surface area (Å²) in [4.78, 5) is 20.2. The molecule has 0 aliphatic carbocycles. The fourth-order valence-electron chi connectivity index (χ4n) is 0.323. The second-order valence-electron chi connectivity index (χ2n) is 1.72. The van der Waals surface area contributed by atoms with Crippen LogP contribution in [0.5, 0.6) is 0 Å². The standard InChI is InChI=1S/C6H9O3S/c1-5(7)2-3-10-4-6(8)9/h2H,3-4H2,1H3,(H,8,9). The van der Waals surface area contributed by atoms with Crippen molar-refractivity contribution >= 4 is 23.5 Å². The summed E-state index contributed by atoms with van der Waals surface area (Å²) in [5.74, 6) is -0.314. The minimum atomic E-state index is -0.845. The molecule has 0 heterocycles. The lowest BCUT2D eigenvalue weighted by Gasteiger charge is -1.92. The molecule has 0 spiro atoms. The highest BCUT2D eigenvalue weighted by Gasteiger charge is 1.97.